The summed E-state index contributed by atoms with van der Waals surface area (Å²) in [5, 5.41) is 0. The molecule has 2 aromatic carbocycles. The van der Waals surface area contributed by atoms with Gasteiger partial charge in [-0.2, -0.15) is 0 Å². The molecule has 0 bridgehead atoms. The van der Waals surface area contributed by atoms with Crippen molar-refractivity contribution in [2.45, 2.75) is 26.3 Å². The van der Waals surface area contributed by atoms with E-state index in [-0.39, 0.29) is 11.8 Å². The van der Waals surface area contributed by atoms with Gasteiger partial charge in [-0.05, 0) is 37.1 Å². The van der Waals surface area contributed by atoms with Crippen LogP contribution in [0.25, 0.3) is 0 Å². The molecule has 0 heterocycles. The van der Waals surface area contributed by atoms with Gasteiger partial charge in [-0.25, -0.2) is 0 Å². The molecule has 0 saturated carbocycles. The normalized spacial score (nSPS) is 12.0. The first-order valence-electron chi connectivity index (χ1n) is 7.32. The zero-order valence-electron chi connectivity index (χ0n) is 12.6. The van der Waals surface area contributed by atoms with Crippen LogP contribution >= 0.6 is 0 Å². The van der Waals surface area contributed by atoms with Gasteiger partial charge >= 0.3 is 0 Å². The molecule has 0 aliphatic heterocycles. The number of likely N-dealkylation sites (N-methyl/N-ethyl adjacent to an activating group) is 1. The SMILES string of the molecule is CCN(C(=O)C(C)c1ccccc1)c1ccc(CN)cc1. The highest BCUT2D eigenvalue weighted by molar-refractivity contribution is 5.97. The van der Waals surface area contributed by atoms with E-state index in [1.54, 1.807) is 0 Å². The van der Waals surface area contributed by atoms with Gasteiger partial charge in [0.1, 0.15) is 0 Å². The first-order valence-corrected chi connectivity index (χ1v) is 7.32. The molecule has 1 amide bonds. The van der Waals surface area contributed by atoms with Crippen molar-refractivity contribution in [3.63, 3.8) is 0 Å². The Labute approximate surface area is 126 Å². The average molecular weight is 282 g/mol. The molecule has 0 saturated heterocycles. The first-order chi connectivity index (χ1) is 10.2. The molecule has 0 spiro atoms. The van der Waals surface area contributed by atoms with Crippen molar-refractivity contribution in [2.75, 3.05) is 11.4 Å². The molecule has 0 aliphatic carbocycles. The van der Waals surface area contributed by atoms with Crippen LogP contribution in [0.2, 0.25) is 0 Å². The number of hydrogen-bond acceptors (Lipinski definition) is 2. The van der Waals surface area contributed by atoms with E-state index in [1.807, 2.05) is 73.3 Å². The van der Waals surface area contributed by atoms with Crippen molar-refractivity contribution in [1.29, 1.82) is 0 Å². The number of rotatable bonds is 5. The van der Waals surface area contributed by atoms with Gasteiger partial charge in [-0.1, -0.05) is 42.5 Å². The van der Waals surface area contributed by atoms with Crippen molar-refractivity contribution < 1.29 is 4.79 Å². The van der Waals surface area contributed by atoms with Gasteiger partial charge in [-0.15, -0.1) is 0 Å². The molecular weight excluding hydrogens is 260 g/mol. The number of amides is 1. The lowest BCUT2D eigenvalue weighted by Crippen LogP contribution is -2.34. The maximum Gasteiger partial charge on any atom is 0.234 e. The van der Waals surface area contributed by atoms with E-state index in [0.717, 1.165) is 16.8 Å². The third-order valence-electron chi connectivity index (χ3n) is 3.74. The summed E-state index contributed by atoms with van der Waals surface area (Å²) >= 11 is 0. The number of hydrogen-bond donors (Lipinski definition) is 1. The van der Waals surface area contributed by atoms with Gasteiger partial charge in [0, 0.05) is 18.8 Å². The van der Waals surface area contributed by atoms with Crippen LogP contribution in [0.1, 0.15) is 30.9 Å². The Morgan fingerprint density at radius 1 is 1.10 bits per heavy atom. The van der Waals surface area contributed by atoms with Crippen LogP contribution in [-0.4, -0.2) is 12.5 Å². The zero-order valence-corrected chi connectivity index (χ0v) is 12.6. The third-order valence-corrected chi connectivity index (χ3v) is 3.74. The fourth-order valence-corrected chi connectivity index (χ4v) is 2.40. The molecule has 1 atom stereocenters. The average Bonchev–Trinajstić information content (AvgIpc) is 2.56. The van der Waals surface area contributed by atoms with E-state index in [1.165, 1.54) is 0 Å². The number of benzene rings is 2. The van der Waals surface area contributed by atoms with Gasteiger partial charge in [0.05, 0.1) is 5.92 Å². The molecule has 2 rings (SSSR count). The van der Waals surface area contributed by atoms with Crippen molar-refractivity contribution in [3.05, 3.63) is 65.7 Å². The Hall–Kier alpha value is -2.13. The summed E-state index contributed by atoms with van der Waals surface area (Å²) < 4.78 is 0. The zero-order chi connectivity index (χ0) is 15.2. The Morgan fingerprint density at radius 3 is 2.24 bits per heavy atom. The molecule has 2 aromatic rings. The van der Waals surface area contributed by atoms with E-state index in [2.05, 4.69) is 0 Å². The fourth-order valence-electron chi connectivity index (χ4n) is 2.40. The van der Waals surface area contributed by atoms with Crippen molar-refractivity contribution in [1.82, 2.24) is 0 Å². The summed E-state index contributed by atoms with van der Waals surface area (Å²) in [4.78, 5) is 14.5. The second-order valence-electron chi connectivity index (χ2n) is 5.09. The van der Waals surface area contributed by atoms with E-state index in [9.17, 15) is 4.79 Å². The van der Waals surface area contributed by atoms with Gasteiger partial charge < -0.3 is 10.6 Å². The van der Waals surface area contributed by atoms with E-state index < -0.39 is 0 Å². The minimum absolute atomic E-state index is 0.115. The lowest BCUT2D eigenvalue weighted by molar-refractivity contribution is -0.119. The molecule has 3 nitrogen and oxygen atoms in total. The van der Waals surface area contributed by atoms with Crippen LogP contribution in [0.4, 0.5) is 5.69 Å². The second kappa shape index (κ2) is 7.04. The molecule has 110 valence electrons. The van der Waals surface area contributed by atoms with Gasteiger partial charge in [0.15, 0.2) is 0 Å². The number of carbonyl (C=O) groups is 1. The van der Waals surface area contributed by atoms with Crippen molar-refractivity contribution in [3.8, 4) is 0 Å². The predicted octanol–water partition coefficient (Wildman–Crippen LogP) is 3.30. The Kier molecular flexibility index (Phi) is 5.12. The van der Waals surface area contributed by atoms with Crippen LogP contribution in [0.5, 0.6) is 0 Å². The number of anilines is 1. The largest absolute Gasteiger partial charge is 0.326 e. The molecule has 3 heteroatoms. The number of carbonyl (C=O) groups excluding carboxylic acids is 1. The maximum atomic E-state index is 12.7. The van der Waals surface area contributed by atoms with Crippen LogP contribution < -0.4 is 10.6 Å². The van der Waals surface area contributed by atoms with Crippen LogP contribution in [0, 0.1) is 0 Å². The topological polar surface area (TPSA) is 46.3 Å². The van der Waals surface area contributed by atoms with Gasteiger partial charge in [0.25, 0.3) is 0 Å². The van der Waals surface area contributed by atoms with Crippen LogP contribution in [-0.2, 0) is 11.3 Å². The monoisotopic (exact) mass is 282 g/mol. The summed E-state index contributed by atoms with van der Waals surface area (Å²) in [6.45, 7) is 5.11. The van der Waals surface area contributed by atoms with Crippen LogP contribution in [0.15, 0.2) is 54.6 Å². The predicted molar refractivity (Wildman–Crippen MR) is 87.2 cm³/mol. The Balaban J connectivity index is 2.21. The molecule has 1 unspecified atom stereocenters. The minimum Gasteiger partial charge on any atom is -0.326 e. The molecule has 0 fully saturated rings. The number of nitrogens with zero attached hydrogens (tertiary/aromatic N) is 1. The third kappa shape index (κ3) is 3.50. The molecule has 2 N–H and O–H groups in total. The molecular formula is C18H22N2O. The molecule has 21 heavy (non-hydrogen) atoms. The van der Waals surface area contributed by atoms with Crippen molar-refractivity contribution in [2.24, 2.45) is 5.73 Å². The second-order valence-corrected chi connectivity index (χ2v) is 5.09. The minimum atomic E-state index is -0.152. The highest BCUT2D eigenvalue weighted by Crippen LogP contribution is 2.22. The Bertz CT molecular complexity index is 578. The molecule has 0 aromatic heterocycles. The molecule has 0 radical (unpaired) electrons. The van der Waals surface area contributed by atoms with E-state index >= 15 is 0 Å². The highest BCUT2D eigenvalue weighted by atomic mass is 16.2. The highest BCUT2D eigenvalue weighted by Gasteiger charge is 2.21. The first kappa shape index (κ1) is 15.3. The summed E-state index contributed by atoms with van der Waals surface area (Å²) in [7, 11) is 0. The molecule has 0 aliphatic rings. The number of nitrogens with two attached hydrogens (primary N) is 1. The fraction of sp³-hybridized carbons (Fsp3) is 0.278. The Morgan fingerprint density at radius 2 is 1.71 bits per heavy atom. The summed E-state index contributed by atoms with van der Waals surface area (Å²) in [6, 6.07) is 17.7. The van der Waals surface area contributed by atoms with Gasteiger partial charge in [0.2, 0.25) is 5.91 Å². The quantitative estimate of drug-likeness (QED) is 0.914. The summed E-state index contributed by atoms with van der Waals surface area (Å²) in [5.74, 6) is -0.0375. The van der Waals surface area contributed by atoms with E-state index in [4.69, 9.17) is 5.73 Å². The van der Waals surface area contributed by atoms with Crippen molar-refractivity contribution >= 4 is 11.6 Å². The lowest BCUT2D eigenvalue weighted by Gasteiger charge is -2.25. The smallest absolute Gasteiger partial charge is 0.234 e. The lowest BCUT2D eigenvalue weighted by atomic mass is 9.99. The van der Waals surface area contributed by atoms with E-state index in [0.29, 0.717) is 13.1 Å². The van der Waals surface area contributed by atoms with Crippen LogP contribution in [0.3, 0.4) is 0 Å². The van der Waals surface area contributed by atoms with Gasteiger partial charge in [-0.3, -0.25) is 4.79 Å². The summed E-state index contributed by atoms with van der Waals surface area (Å²) in [6.07, 6.45) is 0. The standard InChI is InChI=1S/C18H22N2O/c1-3-20(17-11-9-15(13-19)10-12-17)18(21)14(2)16-7-5-4-6-8-16/h4-12,14H,3,13,19H2,1-2H3. The maximum absolute atomic E-state index is 12.7. The summed E-state index contributed by atoms with van der Waals surface area (Å²) in [5.41, 5.74) is 8.64.